The van der Waals surface area contributed by atoms with E-state index in [-0.39, 0.29) is 29.9 Å². The van der Waals surface area contributed by atoms with E-state index in [1.165, 1.54) is 20.0 Å². The van der Waals surface area contributed by atoms with Crippen LogP contribution in [0.5, 0.6) is 11.5 Å². The highest BCUT2D eigenvalue weighted by Crippen LogP contribution is 2.32. The molecule has 1 saturated carbocycles. The summed E-state index contributed by atoms with van der Waals surface area (Å²) in [6.07, 6.45) is 2.48. The number of benzene rings is 2. The van der Waals surface area contributed by atoms with Crippen molar-refractivity contribution in [1.29, 1.82) is 0 Å². The number of ether oxygens (including phenoxy) is 3. The van der Waals surface area contributed by atoms with E-state index in [1.807, 2.05) is 6.07 Å². The lowest BCUT2D eigenvalue weighted by molar-refractivity contribution is 0.00994. The lowest BCUT2D eigenvalue weighted by Crippen LogP contribution is -2.47. The van der Waals surface area contributed by atoms with Gasteiger partial charge in [-0.2, -0.15) is 0 Å². The van der Waals surface area contributed by atoms with Crippen LogP contribution in [-0.2, 0) is 4.74 Å². The fourth-order valence-electron chi connectivity index (χ4n) is 4.84. The molecule has 0 aromatic heterocycles. The minimum Gasteiger partial charge on any atom is -0.496 e. The number of amides is 2. The van der Waals surface area contributed by atoms with Crippen LogP contribution in [0.4, 0.5) is 5.69 Å². The summed E-state index contributed by atoms with van der Waals surface area (Å²) in [5.41, 5.74) is 1.43. The molecule has 1 N–H and O–H groups in total. The summed E-state index contributed by atoms with van der Waals surface area (Å²) >= 11 is 0. The molecule has 8 heteroatoms. The third-order valence-corrected chi connectivity index (χ3v) is 7.37. The van der Waals surface area contributed by atoms with Crippen LogP contribution in [0.3, 0.4) is 0 Å². The average molecular weight is 510 g/mol. The number of nitrogens with one attached hydrogen (secondary N) is 1. The Kier molecular flexibility index (Phi) is 8.71. The second-order valence-electron chi connectivity index (χ2n) is 10.4. The van der Waals surface area contributed by atoms with Crippen molar-refractivity contribution in [1.82, 2.24) is 9.80 Å². The first-order chi connectivity index (χ1) is 17.8. The van der Waals surface area contributed by atoms with Gasteiger partial charge in [0.15, 0.2) is 0 Å². The van der Waals surface area contributed by atoms with Gasteiger partial charge >= 0.3 is 0 Å². The first-order valence-corrected chi connectivity index (χ1v) is 13.0. The fourth-order valence-corrected chi connectivity index (χ4v) is 4.84. The summed E-state index contributed by atoms with van der Waals surface area (Å²) in [5, 5.41) is 2.92. The lowest BCUT2D eigenvalue weighted by atomic mass is 10.0. The zero-order valence-corrected chi connectivity index (χ0v) is 22.5. The van der Waals surface area contributed by atoms with Gasteiger partial charge in [0.05, 0.1) is 24.3 Å². The number of methoxy groups -OCH3 is 2. The number of likely N-dealkylation sites (N-methyl/N-ethyl adjacent to an activating group) is 1. The number of fused-ring (bicyclic) bond motifs is 1. The summed E-state index contributed by atoms with van der Waals surface area (Å²) in [4.78, 5) is 30.6. The Morgan fingerprint density at radius 3 is 2.57 bits per heavy atom. The van der Waals surface area contributed by atoms with Crippen molar-refractivity contribution in [2.75, 3.05) is 52.8 Å². The molecule has 1 heterocycles. The minimum atomic E-state index is -0.296. The summed E-state index contributed by atoms with van der Waals surface area (Å²) in [6.45, 7) is 7.20. The van der Waals surface area contributed by atoms with Crippen LogP contribution in [0.25, 0.3) is 0 Å². The van der Waals surface area contributed by atoms with Gasteiger partial charge in [-0.1, -0.05) is 19.1 Å². The Morgan fingerprint density at radius 2 is 1.86 bits per heavy atom. The molecule has 4 rings (SSSR count). The van der Waals surface area contributed by atoms with Crippen LogP contribution in [0.2, 0.25) is 0 Å². The molecule has 1 fully saturated rings. The number of hydrogen-bond acceptors (Lipinski definition) is 6. The maximum Gasteiger partial charge on any atom is 0.259 e. The maximum atomic E-state index is 13.4. The Bertz CT molecular complexity index is 1100. The van der Waals surface area contributed by atoms with Crippen molar-refractivity contribution in [2.45, 2.75) is 38.8 Å². The standard InChI is InChI=1S/C29H39N3O5/c1-19-15-32(16-21-10-11-21)20(2)18-37-26-14-22(30-28(33)23-8-6-7-9-25(23)35-4)12-13-24(26)29(34)31(3)17-27(19)36-5/h6-9,12-14,19-21,27H,10-11,15-18H2,1-5H3,(H,30,33)/t19-,20-,27-/m1/s1. The molecule has 0 bridgehead atoms. The molecule has 8 nitrogen and oxygen atoms in total. The minimum absolute atomic E-state index is 0.0777. The third kappa shape index (κ3) is 6.62. The maximum absolute atomic E-state index is 13.4. The molecule has 0 unspecified atom stereocenters. The molecule has 2 aromatic rings. The Morgan fingerprint density at radius 1 is 1.11 bits per heavy atom. The Labute approximate surface area is 219 Å². The van der Waals surface area contributed by atoms with Gasteiger partial charge in [-0.25, -0.2) is 0 Å². The van der Waals surface area contributed by atoms with E-state index in [2.05, 4.69) is 24.1 Å². The molecule has 2 aliphatic rings. The quantitative estimate of drug-likeness (QED) is 0.630. The largest absolute Gasteiger partial charge is 0.496 e. The molecule has 2 aromatic carbocycles. The van der Waals surface area contributed by atoms with E-state index in [9.17, 15) is 9.59 Å². The highest BCUT2D eigenvalue weighted by atomic mass is 16.5. The SMILES string of the molecule is COc1ccccc1C(=O)Nc1ccc2c(c1)OC[C@@H](C)N(CC1CC1)C[C@@H](C)[C@H](OC)CN(C)C2=O. The highest BCUT2D eigenvalue weighted by molar-refractivity contribution is 6.06. The van der Waals surface area contributed by atoms with Crippen LogP contribution in [0.15, 0.2) is 42.5 Å². The molecule has 3 atom stereocenters. The van der Waals surface area contributed by atoms with Crippen molar-refractivity contribution in [3.05, 3.63) is 53.6 Å². The number of nitrogens with zero attached hydrogens (tertiary/aromatic N) is 2. The molecule has 37 heavy (non-hydrogen) atoms. The first-order valence-electron chi connectivity index (χ1n) is 13.0. The van der Waals surface area contributed by atoms with Crippen LogP contribution >= 0.6 is 0 Å². The van der Waals surface area contributed by atoms with Gasteiger partial charge in [0, 0.05) is 51.6 Å². The van der Waals surface area contributed by atoms with Crippen molar-refractivity contribution in [3.8, 4) is 11.5 Å². The Hall–Kier alpha value is -3.10. The summed E-state index contributed by atoms with van der Waals surface area (Å²) in [5.74, 6) is 1.51. The predicted octanol–water partition coefficient (Wildman–Crippen LogP) is 4.16. The topological polar surface area (TPSA) is 80.3 Å². The smallest absolute Gasteiger partial charge is 0.259 e. The van der Waals surface area contributed by atoms with Gasteiger partial charge in [-0.05, 0) is 55.9 Å². The van der Waals surface area contributed by atoms with Crippen molar-refractivity contribution < 1.29 is 23.8 Å². The van der Waals surface area contributed by atoms with Crippen molar-refractivity contribution in [3.63, 3.8) is 0 Å². The summed E-state index contributed by atoms with van der Waals surface area (Å²) in [6, 6.07) is 12.4. The molecule has 200 valence electrons. The number of carbonyl (C=O) groups excluding carboxylic acids is 2. The van der Waals surface area contributed by atoms with Gasteiger partial charge in [0.2, 0.25) is 0 Å². The van der Waals surface area contributed by atoms with Gasteiger partial charge < -0.3 is 24.4 Å². The number of anilines is 1. The van der Waals surface area contributed by atoms with E-state index >= 15 is 0 Å². The molecule has 0 radical (unpaired) electrons. The zero-order chi connectivity index (χ0) is 26.5. The summed E-state index contributed by atoms with van der Waals surface area (Å²) < 4.78 is 17.4. The van der Waals surface area contributed by atoms with E-state index in [0.717, 1.165) is 19.0 Å². The van der Waals surface area contributed by atoms with E-state index in [4.69, 9.17) is 14.2 Å². The second kappa shape index (κ2) is 12.0. The van der Waals surface area contributed by atoms with E-state index in [0.29, 0.717) is 41.5 Å². The third-order valence-electron chi connectivity index (χ3n) is 7.37. The molecule has 1 aliphatic carbocycles. The van der Waals surface area contributed by atoms with Crippen LogP contribution in [0, 0.1) is 11.8 Å². The molecule has 0 spiro atoms. The van der Waals surface area contributed by atoms with Crippen molar-refractivity contribution in [2.24, 2.45) is 11.8 Å². The van der Waals surface area contributed by atoms with Gasteiger partial charge in [-0.15, -0.1) is 0 Å². The van der Waals surface area contributed by atoms with Gasteiger partial charge in [0.1, 0.15) is 18.1 Å². The fraction of sp³-hybridized carbons (Fsp3) is 0.517. The van der Waals surface area contributed by atoms with Crippen LogP contribution < -0.4 is 14.8 Å². The molecular formula is C29H39N3O5. The molecular weight excluding hydrogens is 470 g/mol. The van der Waals surface area contributed by atoms with Gasteiger partial charge in [-0.3, -0.25) is 14.5 Å². The van der Waals surface area contributed by atoms with Crippen molar-refractivity contribution >= 4 is 17.5 Å². The predicted molar refractivity (Wildman–Crippen MR) is 144 cm³/mol. The average Bonchev–Trinajstić information content (AvgIpc) is 3.73. The molecule has 0 saturated heterocycles. The van der Waals surface area contributed by atoms with Crippen LogP contribution in [-0.4, -0.2) is 81.3 Å². The highest BCUT2D eigenvalue weighted by Gasteiger charge is 2.31. The first kappa shape index (κ1) is 26.9. The van der Waals surface area contributed by atoms with Crippen LogP contribution in [0.1, 0.15) is 47.4 Å². The van der Waals surface area contributed by atoms with E-state index in [1.54, 1.807) is 55.5 Å². The normalized spacial score (nSPS) is 23.3. The number of hydrogen-bond donors (Lipinski definition) is 1. The number of carbonyl (C=O) groups is 2. The number of para-hydroxylation sites is 1. The van der Waals surface area contributed by atoms with E-state index < -0.39 is 0 Å². The molecule has 1 aliphatic heterocycles. The second-order valence-corrected chi connectivity index (χ2v) is 10.4. The van der Waals surface area contributed by atoms with Gasteiger partial charge in [0.25, 0.3) is 11.8 Å². The lowest BCUT2D eigenvalue weighted by Gasteiger charge is -2.36. The molecule has 2 amide bonds. The Balaban J connectivity index is 1.61. The number of rotatable bonds is 6. The summed E-state index contributed by atoms with van der Waals surface area (Å²) in [7, 11) is 5.04. The monoisotopic (exact) mass is 509 g/mol. The zero-order valence-electron chi connectivity index (χ0n) is 22.5.